The summed E-state index contributed by atoms with van der Waals surface area (Å²) in [6, 6.07) is 4.26. The molecule has 1 aliphatic heterocycles. The van der Waals surface area contributed by atoms with Crippen LogP contribution in [0, 0.1) is 0 Å². The van der Waals surface area contributed by atoms with Gasteiger partial charge in [-0.2, -0.15) is 0 Å². The third-order valence-corrected chi connectivity index (χ3v) is 2.97. The second-order valence-corrected chi connectivity index (χ2v) is 4.63. The van der Waals surface area contributed by atoms with Crippen molar-refractivity contribution in [1.29, 1.82) is 0 Å². The summed E-state index contributed by atoms with van der Waals surface area (Å²) >= 11 is 0. The van der Waals surface area contributed by atoms with Crippen molar-refractivity contribution < 1.29 is 4.42 Å². The number of rotatable bonds is 4. The van der Waals surface area contributed by atoms with Gasteiger partial charge in [0.2, 0.25) is 0 Å². The second-order valence-electron chi connectivity index (χ2n) is 4.63. The summed E-state index contributed by atoms with van der Waals surface area (Å²) in [5, 5.41) is 0. The number of hydrogen-bond donors (Lipinski definition) is 1. The molecule has 0 unspecified atom stereocenters. The summed E-state index contributed by atoms with van der Waals surface area (Å²) in [6.07, 6.45) is 1.74. The van der Waals surface area contributed by atoms with Crippen LogP contribution in [0.1, 0.15) is 12.7 Å². The summed E-state index contributed by atoms with van der Waals surface area (Å²) in [5.41, 5.74) is 5.80. The normalized spacial score (nSPS) is 21.1. The molecule has 1 aliphatic rings. The summed E-state index contributed by atoms with van der Waals surface area (Å²) < 4.78 is 5.35. The van der Waals surface area contributed by atoms with E-state index in [1.165, 1.54) is 0 Å². The summed E-state index contributed by atoms with van der Waals surface area (Å²) in [6.45, 7) is 8.44. The van der Waals surface area contributed by atoms with E-state index in [2.05, 4.69) is 16.7 Å². The lowest BCUT2D eigenvalue weighted by atomic mass is 10.2. The standard InChI is InChI=1S/C12H21N3O/c1-11(13)9-14-4-6-15(7-5-14)10-12-3-2-8-16-12/h2-3,8,11H,4-7,9-10,13H2,1H3/t11-/m0/s1. The predicted molar refractivity (Wildman–Crippen MR) is 64.1 cm³/mol. The van der Waals surface area contributed by atoms with E-state index in [9.17, 15) is 0 Å². The van der Waals surface area contributed by atoms with E-state index in [0.717, 1.165) is 45.0 Å². The molecule has 0 radical (unpaired) electrons. The molecule has 90 valence electrons. The summed E-state index contributed by atoms with van der Waals surface area (Å²) in [4.78, 5) is 4.86. The molecule has 1 aromatic rings. The molecule has 1 fully saturated rings. The Morgan fingerprint density at radius 1 is 1.31 bits per heavy atom. The molecule has 0 aromatic carbocycles. The lowest BCUT2D eigenvalue weighted by molar-refractivity contribution is 0.117. The quantitative estimate of drug-likeness (QED) is 0.818. The first-order chi connectivity index (χ1) is 7.74. The van der Waals surface area contributed by atoms with Crippen molar-refractivity contribution in [3.8, 4) is 0 Å². The van der Waals surface area contributed by atoms with Gasteiger partial charge in [-0.3, -0.25) is 9.80 Å². The minimum absolute atomic E-state index is 0.275. The average Bonchev–Trinajstić information content (AvgIpc) is 2.73. The molecule has 0 spiro atoms. The third kappa shape index (κ3) is 3.33. The summed E-state index contributed by atoms with van der Waals surface area (Å²) in [5.74, 6) is 1.06. The van der Waals surface area contributed by atoms with Crippen molar-refractivity contribution in [1.82, 2.24) is 9.80 Å². The zero-order chi connectivity index (χ0) is 11.4. The van der Waals surface area contributed by atoms with Crippen LogP contribution < -0.4 is 5.73 Å². The molecule has 2 N–H and O–H groups in total. The average molecular weight is 223 g/mol. The fourth-order valence-corrected chi connectivity index (χ4v) is 2.16. The van der Waals surface area contributed by atoms with Crippen molar-refractivity contribution in [2.45, 2.75) is 19.5 Å². The Hall–Kier alpha value is -0.840. The SMILES string of the molecule is C[C@H](N)CN1CCN(Cc2ccco2)CC1. The molecular weight excluding hydrogens is 202 g/mol. The van der Waals surface area contributed by atoms with E-state index in [1.807, 2.05) is 12.1 Å². The van der Waals surface area contributed by atoms with Gasteiger partial charge >= 0.3 is 0 Å². The lowest BCUT2D eigenvalue weighted by Crippen LogP contribution is -2.48. The molecule has 4 nitrogen and oxygen atoms in total. The minimum Gasteiger partial charge on any atom is -0.468 e. The van der Waals surface area contributed by atoms with E-state index < -0.39 is 0 Å². The first kappa shape index (κ1) is 11.6. The van der Waals surface area contributed by atoms with Crippen LogP contribution in [0.2, 0.25) is 0 Å². The smallest absolute Gasteiger partial charge is 0.117 e. The largest absolute Gasteiger partial charge is 0.468 e. The summed E-state index contributed by atoms with van der Waals surface area (Å²) in [7, 11) is 0. The highest BCUT2D eigenvalue weighted by molar-refractivity contribution is 4.98. The van der Waals surface area contributed by atoms with Crippen molar-refractivity contribution in [2.24, 2.45) is 5.73 Å². The Morgan fingerprint density at radius 2 is 2.00 bits per heavy atom. The highest BCUT2D eigenvalue weighted by atomic mass is 16.3. The van der Waals surface area contributed by atoms with Gasteiger partial charge in [-0.15, -0.1) is 0 Å². The van der Waals surface area contributed by atoms with E-state index in [4.69, 9.17) is 10.2 Å². The Kier molecular flexibility index (Phi) is 3.98. The first-order valence-corrected chi connectivity index (χ1v) is 5.97. The van der Waals surface area contributed by atoms with Crippen LogP contribution in [0.25, 0.3) is 0 Å². The second kappa shape index (κ2) is 5.48. The monoisotopic (exact) mass is 223 g/mol. The number of nitrogens with zero attached hydrogens (tertiary/aromatic N) is 2. The highest BCUT2D eigenvalue weighted by Gasteiger charge is 2.17. The highest BCUT2D eigenvalue weighted by Crippen LogP contribution is 2.08. The molecule has 2 rings (SSSR count). The molecule has 16 heavy (non-hydrogen) atoms. The Bertz CT molecular complexity index is 289. The van der Waals surface area contributed by atoms with Crippen LogP contribution in [0.4, 0.5) is 0 Å². The molecule has 0 aliphatic carbocycles. The molecule has 1 atom stereocenters. The molecule has 0 amide bonds. The van der Waals surface area contributed by atoms with Gasteiger partial charge in [0.25, 0.3) is 0 Å². The molecule has 0 saturated carbocycles. The van der Waals surface area contributed by atoms with Crippen LogP contribution in [0.15, 0.2) is 22.8 Å². The van der Waals surface area contributed by atoms with Gasteiger partial charge in [-0.25, -0.2) is 0 Å². The van der Waals surface area contributed by atoms with Gasteiger partial charge in [0.05, 0.1) is 12.8 Å². The van der Waals surface area contributed by atoms with Gasteiger partial charge < -0.3 is 10.2 Å². The molecule has 1 saturated heterocycles. The minimum atomic E-state index is 0.275. The van der Waals surface area contributed by atoms with E-state index in [-0.39, 0.29) is 6.04 Å². The van der Waals surface area contributed by atoms with Crippen molar-refractivity contribution >= 4 is 0 Å². The Balaban J connectivity index is 1.73. The molecule has 2 heterocycles. The van der Waals surface area contributed by atoms with E-state index >= 15 is 0 Å². The van der Waals surface area contributed by atoms with Crippen LogP contribution in [0.3, 0.4) is 0 Å². The zero-order valence-electron chi connectivity index (χ0n) is 9.93. The van der Waals surface area contributed by atoms with Crippen molar-refractivity contribution in [2.75, 3.05) is 32.7 Å². The zero-order valence-corrected chi connectivity index (χ0v) is 9.93. The number of nitrogens with two attached hydrogens (primary N) is 1. The van der Waals surface area contributed by atoms with E-state index in [0.29, 0.717) is 0 Å². The van der Waals surface area contributed by atoms with Gasteiger partial charge in [-0.05, 0) is 19.1 Å². The van der Waals surface area contributed by atoms with Crippen LogP contribution in [0.5, 0.6) is 0 Å². The lowest BCUT2D eigenvalue weighted by Gasteiger charge is -2.34. The van der Waals surface area contributed by atoms with Crippen molar-refractivity contribution in [3.05, 3.63) is 24.2 Å². The van der Waals surface area contributed by atoms with Gasteiger partial charge in [0.1, 0.15) is 5.76 Å². The van der Waals surface area contributed by atoms with Crippen LogP contribution >= 0.6 is 0 Å². The molecule has 1 aromatic heterocycles. The maximum atomic E-state index is 5.80. The fourth-order valence-electron chi connectivity index (χ4n) is 2.16. The van der Waals surface area contributed by atoms with Crippen LogP contribution in [-0.4, -0.2) is 48.6 Å². The van der Waals surface area contributed by atoms with Gasteiger partial charge in [-0.1, -0.05) is 0 Å². The molecule has 4 heteroatoms. The maximum absolute atomic E-state index is 5.80. The molecule has 0 bridgehead atoms. The Labute approximate surface area is 97.0 Å². The Morgan fingerprint density at radius 3 is 2.56 bits per heavy atom. The fraction of sp³-hybridized carbons (Fsp3) is 0.667. The van der Waals surface area contributed by atoms with E-state index in [1.54, 1.807) is 6.26 Å². The number of hydrogen-bond acceptors (Lipinski definition) is 4. The number of piperazine rings is 1. The van der Waals surface area contributed by atoms with Gasteiger partial charge in [0, 0.05) is 38.8 Å². The molecular formula is C12H21N3O. The first-order valence-electron chi connectivity index (χ1n) is 5.97. The third-order valence-electron chi connectivity index (χ3n) is 2.97. The van der Waals surface area contributed by atoms with Crippen LogP contribution in [-0.2, 0) is 6.54 Å². The topological polar surface area (TPSA) is 45.6 Å². The van der Waals surface area contributed by atoms with Gasteiger partial charge in [0.15, 0.2) is 0 Å². The predicted octanol–water partition coefficient (Wildman–Crippen LogP) is 0.744. The number of furan rings is 1. The maximum Gasteiger partial charge on any atom is 0.117 e. The van der Waals surface area contributed by atoms with Crippen molar-refractivity contribution in [3.63, 3.8) is 0 Å².